The molecule has 1 aromatic rings. The molecule has 0 radical (unpaired) electrons. The third-order valence-electron chi connectivity index (χ3n) is 1.63. The molecule has 0 aromatic carbocycles. The van der Waals surface area contributed by atoms with Crippen LogP contribution in [0.3, 0.4) is 0 Å². The first kappa shape index (κ1) is 9.39. The van der Waals surface area contributed by atoms with Crippen molar-refractivity contribution in [3.8, 4) is 6.07 Å². The molecule has 68 valence electrons. The number of alkyl halides is 2. The molecule has 0 aliphatic carbocycles. The van der Waals surface area contributed by atoms with Crippen LogP contribution in [0.4, 0.5) is 14.6 Å². The minimum Gasteiger partial charge on any atom is -0.383 e. The number of halogens is 2. The average molecular weight is 183 g/mol. The Kier molecular flexibility index (Phi) is 2.42. The van der Waals surface area contributed by atoms with Gasteiger partial charge in [0, 0.05) is 0 Å². The number of nitrogens with two attached hydrogens (primary N) is 1. The minimum atomic E-state index is -2.69. The number of nitriles is 1. The quantitative estimate of drug-likeness (QED) is 0.721. The molecular formula is C8H7F2N3. The molecule has 0 unspecified atom stereocenters. The first-order chi connectivity index (χ1) is 6.06. The van der Waals surface area contributed by atoms with Crippen LogP contribution >= 0.6 is 0 Å². The van der Waals surface area contributed by atoms with E-state index in [1.54, 1.807) is 13.0 Å². The highest BCUT2D eigenvalue weighted by Crippen LogP contribution is 2.25. The summed E-state index contributed by atoms with van der Waals surface area (Å²) in [7, 11) is 0. The fourth-order valence-corrected chi connectivity index (χ4v) is 0.927. The SMILES string of the molecule is Cc1nc(N)c(C(F)F)cc1C#N. The second-order valence-corrected chi connectivity index (χ2v) is 2.51. The van der Waals surface area contributed by atoms with Crippen molar-refractivity contribution in [2.45, 2.75) is 13.3 Å². The molecule has 0 atom stereocenters. The Balaban J connectivity index is 3.33. The van der Waals surface area contributed by atoms with E-state index in [1.807, 2.05) is 0 Å². The lowest BCUT2D eigenvalue weighted by molar-refractivity contribution is 0.152. The Morgan fingerprint density at radius 3 is 2.69 bits per heavy atom. The molecule has 0 bridgehead atoms. The maximum absolute atomic E-state index is 12.2. The van der Waals surface area contributed by atoms with Crippen molar-refractivity contribution in [2.75, 3.05) is 5.73 Å². The summed E-state index contributed by atoms with van der Waals surface area (Å²) in [5.74, 6) is -0.216. The molecule has 0 saturated heterocycles. The van der Waals surface area contributed by atoms with Crippen LogP contribution in [-0.4, -0.2) is 4.98 Å². The zero-order chi connectivity index (χ0) is 10.0. The molecule has 1 rings (SSSR count). The molecule has 5 heteroatoms. The fraction of sp³-hybridized carbons (Fsp3) is 0.250. The Bertz CT molecular complexity index is 368. The summed E-state index contributed by atoms with van der Waals surface area (Å²) in [6.45, 7) is 1.55. The zero-order valence-corrected chi connectivity index (χ0v) is 6.88. The van der Waals surface area contributed by atoms with E-state index >= 15 is 0 Å². The van der Waals surface area contributed by atoms with Crippen molar-refractivity contribution in [1.29, 1.82) is 5.26 Å². The van der Waals surface area contributed by atoms with Crippen LogP contribution in [0.1, 0.15) is 23.2 Å². The predicted octanol–water partition coefficient (Wildman–Crippen LogP) is 1.78. The fourth-order valence-electron chi connectivity index (χ4n) is 0.927. The molecule has 0 saturated carbocycles. The van der Waals surface area contributed by atoms with Crippen molar-refractivity contribution in [3.63, 3.8) is 0 Å². The number of aromatic nitrogens is 1. The van der Waals surface area contributed by atoms with Gasteiger partial charge in [-0.1, -0.05) is 0 Å². The number of rotatable bonds is 1. The molecule has 0 aliphatic heterocycles. The first-order valence-corrected chi connectivity index (χ1v) is 3.51. The van der Waals surface area contributed by atoms with Crippen LogP contribution in [0.2, 0.25) is 0 Å². The Morgan fingerprint density at radius 1 is 1.62 bits per heavy atom. The summed E-state index contributed by atoms with van der Waals surface area (Å²) in [5, 5.41) is 8.54. The first-order valence-electron chi connectivity index (χ1n) is 3.51. The largest absolute Gasteiger partial charge is 0.383 e. The average Bonchev–Trinajstić information content (AvgIpc) is 2.03. The predicted molar refractivity (Wildman–Crippen MR) is 43.1 cm³/mol. The summed E-state index contributed by atoms with van der Waals surface area (Å²) in [5.41, 5.74) is 5.35. The lowest BCUT2D eigenvalue weighted by Crippen LogP contribution is -2.01. The number of aryl methyl sites for hydroxylation is 1. The Hall–Kier alpha value is -1.70. The van der Waals surface area contributed by atoms with Gasteiger partial charge in [0.15, 0.2) is 0 Å². The van der Waals surface area contributed by atoms with E-state index in [9.17, 15) is 8.78 Å². The van der Waals surface area contributed by atoms with Crippen molar-refractivity contribution in [2.24, 2.45) is 0 Å². The second kappa shape index (κ2) is 3.35. The van der Waals surface area contributed by atoms with Gasteiger partial charge in [-0.25, -0.2) is 13.8 Å². The smallest absolute Gasteiger partial charge is 0.267 e. The Labute approximate surface area is 73.8 Å². The van der Waals surface area contributed by atoms with Crippen molar-refractivity contribution in [1.82, 2.24) is 4.98 Å². The van der Waals surface area contributed by atoms with Crippen LogP contribution in [0.25, 0.3) is 0 Å². The van der Waals surface area contributed by atoms with Gasteiger partial charge >= 0.3 is 0 Å². The standard InChI is InChI=1S/C8H7F2N3/c1-4-5(3-11)2-6(7(9)10)8(12)13-4/h2,7H,1H3,(H2,12,13). The molecule has 0 amide bonds. The number of hydrogen-bond acceptors (Lipinski definition) is 3. The van der Waals surface area contributed by atoms with Gasteiger partial charge in [0.05, 0.1) is 16.8 Å². The summed E-state index contributed by atoms with van der Waals surface area (Å²) in [6.07, 6.45) is -2.69. The zero-order valence-electron chi connectivity index (χ0n) is 6.88. The van der Waals surface area contributed by atoms with Gasteiger partial charge in [-0.3, -0.25) is 0 Å². The molecule has 13 heavy (non-hydrogen) atoms. The third kappa shape index (κ3) is 1.72. The van der Waals surface area contributed by atoms with E-state index in [4.69, 9.17) is 11.0 Å². The van der Waals surface area contributed by atoms with Gasteiger partial charge in [0.25, 0.3) is 6.43 Å². The van der Waals surface area contributed by atoms with Gasteiger partial charge in [0.2, 0.25) is 0 Å². The highest BCUT2D eigenvalue weighted by Gasteiger charge is 2.14. The molecule has 1 heterocycles. The number of pyridine rings is 1. The summed E-state index contributed by atoms with van der Waals surface area (Å²) >= 11 is 0. The topological polar surface area (TPSA) is 62.7 Å². The van der Waals surface area contributed by atoms with Crippen LogP contribution in [0, 0.1) is 18.3 Å². The number of anilines is 1. The van der Waals surface area contributed by atoms with E-state index in [1.165, 1.54) is 0 Å². The van der Waals surface area contributed by atoms with Gasteiger partial charge in [-0.05, 0) is 13.0 Å². The maximum atomic E-state index is 12.2. The second-order valence-electron chi connectivity index (χ2n) is 2.51. The highest BCUT2D eigenvalue weighted by molar-refractivity contribution is 5.47. The van der Waals surface area contributed by atoms with E-state index in [0.29, 0.717) is 5.69 Å². The normalized spacial score (nSPS) is 10.1. The number of nitrogen functional groups attached to an aromatic ring is 1. The summed E-state index contributed by atoms with van der Waals surface area (Å²) in [4.78, 5) is 3.64. The lowest BCUT2D eigenvalue weighted by atomic mass is 10.1. The molecule has 2 N–H and O–H groups in total. The third-order valence-corrected chi connectivity index (χ3v) is 1.63. The van der Waals surface area contributed by atoms with E-state index < -0.39 is 6.43 Å². The van der Waals surface area contributed by atoms with Crippen LogP contribution in [0.15, 0.2) is 6.07 Å². The molecular weight excluding hydrogens is 176 g/mol. The van der Waals surface area contributed by atoms with Crippen molar-refractivity contribution in [3.05, 3.63) is 22.9 Å². The monoisotopic (exact) mass is 183 g/mol. The van der Waals surface area contributed by atoms with Crippen molar-refractivity contribution >= 4 is 5.82 Å². The van der Waals surface area contributed by atoms with Crippen LogP contribution in [-0.2, 0) is 0 Å². The van der Waals surface area contributed by atoms with Crippen LogP contribution < -0.4 is 5.73 Å². The molecule has 0 fully saturated rings. The minimum absolute atomic E-state index is 0.129. The summed E-state index contributed by atoms with van der Waals surface area (Å²) in [6, 6.07) is 2.84. The van der Waals surface area contributed by atoms with E-state index in [0.717, 1.165) is 6.07 Å². The molecule has 0 spiro atoms. The van der Waals surface area contributed by atoms with Crippen molar-refractivity contribution < 1.29 is 8.78 Å². The molecule has 1 aromatic heterocycles. The van der Waals surface area contributed by atoms with E-state index in [2.05, 4.69) is 4.98 Å². The highest BCUT2D eigenvalue weighted by atomic mass is 19.3. The molecule has 0 aliphatic rings. The van der Waals surface area contributed by atoms with Gasteiger partial charge in [-0.15, -0.1) is 0 Å². The Morgan fingerprint density at radius 2 is 2.23 bits per heavy atom. The maximum Gasteiger partial charge on any atom is 0.267 e. The van der Waals surface area contributed by atoms with Gasteiger partial charge < -0.3 is 5.73 Å². The van der Waals surface area contributed by atoms with E-state index in [-0.39, 0.29) is 16.9 Å². The van der Waals surface area contributed by atoms with Gasteiger partial charge in [0.1, 0.15) is 11.9 Å². The lowest BCUT2D eigenvalue weighted by Gasteiger charge is -2.05. The molecule has 3 nitrogen and oxygen atoms in total. The number of hydrogen-bond donors (Lipinski definition) is 1. The van der Waals surface area contributed by atoms with Gasteiger partial charge in [-0.2, -0.15) is 5.26 Å². The summed E-state index contributed by atoms with van der Waals surface area (Å²) < 4.78 is 24.5. The number of nitrogens with zero attached hydrogens (tertiary/aromatic N) is 2. The van der Waals surface area contributed by atoms with Crippen LogP contribution in [0.5, 0.6) is 0 Å².